The second-order valence-electron chi connectivity index (χ2n) is 7.42. The van der Waals surface area contributed by atoms with Crippen molar-refractivity contribution in [3.8, 4) is 0 Å². The molecule has 138 valence electrons. The van der Waals surface area contributed by atoms with Gasteiger partial charge in [-0.25, -0.2) is 0 Å². The quantitative estimate of drug-likeness (QED) is 0.328. The Morgan fingerprint density at radius 1 is 0.704 bits per heavy atom. The van der Waals surface area contributed by atoms with E-state index in [1.165, 1.54) is 21.7 Å². The number of rotatable bonds is 2. The summed E-state index contributed by atoms with van der Waals surface area (Å²) in [5.74, 6) is 0.917. The summed E-state index contributed by atoms with van der Waals surface area (Å²) in [4.78, 5) is 4.23. The van der Waals surface area contributed by atoms with Crippen LogP contribution in [0.4, 0.5) is 0 Å². The number of hydrogen-bond acceptors (Lipinski definition) is 2. The summed E-state index contributed by atoms with van der Waals surface area (Å²) in [5, 5.41) is 16.1. The Kier molecular flexibility index (Phi) is 5.70. The van der Waals surface area contributed by atoms with E-state index in [-0.39, 0.29) is 0 Å². The first kappa shape index (κ1) is 18.8. The Labute approximate surface area is 160 Å². The van der Waals surface area contributed by atoms with Crippen molar-refractivity contribution in [2.45, 2.75) is 39.5 Å². The minimum atomic E-state index is 0.376. The molecule has 3 nitrogen and oxygen atoms in total. The highest BCUT2D eigenvalue weighted by molar-refractivity contribution is 5.85. The van der Waals surface area contributed by atoms with Crippen molar-refractivity contribution in [1.82, 2.24) is 4.98 Å². The van der Waals surface area contributed by atoms with E-state index in [1.54, 1.807) is 12.4 Å². The lowest BCUT2D eigenvalue weighted by molar-refractivity contribution is -0.604. The van der Waals surface area contributed by atoms with Gasteiger partial charge < -0.3 is 5.21 Å². The molecule has 4 aromatic rings. The van der Waals surface area contributed by atoms with Gasteiger partial charge in [-0.2, -0.15) is 4.73 Å². The fourth-order valence-electron chi connectivity index (χ4n) is 3.31. The molecule has 2 aromatic heterocycles. The molecule has 0 saturated heterocycles. The van der Waals surface area contributed by atoms with E-state index in [0.29, 0.717) is 11.8 Å². The summed E-state index contributed by atoms with van der Waals surface area (Å²) < 4.78 is 0.887. The van der Waals surface area contributed by atoms with Crippen molar-refractivity contribution in [3.63, 3.8) is 0 Å². The average molecular weight is 358 g/mol. The van der Waals surface area contributed by atoms with Gasteiger partial charge in [0, 0.05) is 28.7 Å². The Bertz CT molecular complexity index is 1050. The van der Waals surface area contributed by atoms with Gasteiger partial charge in [-0.15, -0.1) is 0 Å². The van der Waals surface area contributed by atoms with E-state index in [0.717, 1.165) is 15.7 Å². The first-order valence-electron chi connectivity index (χ1n) is 9.41. The van der Waals surface area contributed by atoms with E-state index in [2.05, 4.69) is 56.9 Å². The molecule has 4 rings (SSSR count). The lowest BCUT2D eigenvalue weighted by Crippen LogP contribution is -2.25. The van der Waals surface area contributed by atoms with Crippen LogP contribution in [0.1, 0.15) is 50.7 Å². The Morgan fingerprint density at radius 3 is 1.89 bits per heavy atom. The third-order valence-electron chi connectivity index (χ3n) is 4.75. The highest BCUT2D eigenvalue weighted by Crippen LogP contribution is 2.24. The van der Waals surface area contributed by atoms with Crippen LogP contribution in [0, 0.1) is 5.21 Å². The number of nitrogens with zero attached hydrogens (tertiary/aromatic N) is 2. The van der Waals surface area contributed by atoms with Gasteiger partial charge in [0.15, 0.2) is 12.4 Å². The average Bonchev–Trinajstić information content (AvgIpc) is 2.67. The molecule has 0 aliphatic heterocycles. The molecule has 0 radical (unpaired) electrons. The predicted octanol–water partition coefficient (Wildman–Crippen LogP) is 5.95. The van der Waals surface area contributed by atoms with Gasteiger partial charge in [0.2, 0.25) is 0 Å². The second kappa shape index (κ2) is 8.17. The van der Waals surface area contributed by atoms with E-state index in [9.17, 15) is 5.21 Å². The minimum Gasteiger partial charge on any atom is -0.619 e. The zero-order valence-corrected chi connectivity index (χ0v) is 16.4. The van der Waals surface area contributed by atoms with Gasteiger partial charge in [0.25, 0.3) is 0 Å². The van der Waals surface area contributed by atoms with E-state index in [1.807, 2.05) is 36.7 Å². The Hall–Kier alpha value is -2.94. The number of benzene rings is 2. The van der Waals surface area contributed by atoms with Crippen LogP contribution < -0.4 is 4.73 Å². The topological polar surface area (TPSA) is 39.8 Å². The van der Waals surface area contributed by atoms with Crippen LogP contribution in [0.5, 0.6) is 0 Å². The summed E-state index contributed by atoms with van der Waals surface area (Å²) in [7, 11) is 0. The van der Waals surface area contributed by atoms with Crippen LogP contribution >= 0.6 is 0 Å². The van der Waals surface area contributed by atoms with Crippen LogP contribution in [-0.4, -0.2) is 4.98 Å². The van der Waals surface area contributed by atoms with Gasteiger partial charge in [-0.1, -0.05) is 70.2 Å². The van der Waals surface area contributed by atoms with Gasteiger partial charge in [0.1, 0.15) is 0 Å². The van der Waals surface area contributed by atoms with Crippen molar-refractivity contribution in [1.29, 1.82) is 0 Å². The van der Waals surface area contributed by atoms with Crippen molar-refractivity contribution in [2.75, 3.05) is 0 Å². The molecule has 3 heteroatoms. The highest BCUT2D eigenvalue weighted by Gasteiger charge is 2.09. The molecule has 0 aliphatic carbocycles. The molecular formula is C24H26N2O. The molecule has 0 unspecified atom stereocenters. The van der Waals surface area contributed by atoms with E-state index < -0.39 is 0 Å². The number of hydrogen-bond donors (Lipinski definition) is 0. The molecule has 0 amide bonds. The zero-order chi connectivity index (χ0) is 19.4. The minimum absolute atomic E-state index is 0.376. The molecular weight excluding hydrogens is 332 g/mol. The van der Waals surface area contributed by atoms with Crippen LogP contribution in [0.2, 0.25) is 0 Å². The van der Waals surface area contributed by atoms with Gasteiger partial charge in [0.05, 0.1) is 0 Å². The Balaban J connectivity index is 0.000000156. The van der Waals surface area contributed by atoms with E-state index >= 15 is 0 Å². The Morgan fingerprint density at radius 2 is 1.26 bits per heavy atom. The van der Waals surface area contributed by atoms with Crippen molar-refractivity contribution in [3.05, 3.63) is 89.7 Å². The zero-order valence-electron chi connectivity index (χ0n) is 16.4. The molecule has 0 bridgehead atoms. The lowest BCUT2D eigenvalue weighted by atomic mass is 9.99. The third kappa shape index (κ3) is 4.25. The number of pyridine rings is 2. The third-order valence-corrected chi connectivity index (χ3v) is 4.75. The van der Waals surface area contributed by atoms with Gasteiger partial charge >= 0.3 is 0 Å². The van der Waals surface area contributed by atoms with E-state index in [4.69, 9.17) is 0 Å². The fourth-order valence-corrected chi connectivity index (χ4v) is 3.31. The number of aromatic nitrogens is 2. The first-order valence-corrected chi connectivity index (χ1v) is 9.41. The largest absolute Gasteiger partial charge is 0.619 e. The van der Waals surface area contributed by atoms with Crippen LogP contribution in [0.25, 0.3) is 21.5 Å². The summed E-state index contributed by atoms with van der Waals surface area (Å²) in [6, 6.07) is 16.4. The predicted molar refractivity (Wildman–Crippen MR) is 113 cm³/mol. The molecule has 0 spiro atoms. The summed E-state index contributed by atoms with van der Waals surface area (Å²) in [6.07, 6.45) is 7.16. The molecule has 0 saturated carbocycles. The van der Waals surface area contributed by atoms with Gasteiger partial charge in [-0.05, 0) is 34.2 Å². The molecule has 0 N–H and O–H groups in total. The normalized spacial score (nSPS) is 11.0. The van der Waals surface area contributed by atoms with Crippen molar-refractivity contribution in [2.24, 2.45) is 0 Å². The smallest absolute Gasteiger partial charge is 0.188 e. The molecule has 2 heterocycles. The highest BCUT2D eigenvalue weighted by atomic mass is 16.5. The molecule has 0 fully saturated rings. The fraction of sp³-hybridized carbons (Fsp3) is 0.250. The van der Waals surface area contributed by atoms with Crippen molar-refractivity contribution < 1.29 is 4.73 Å². The van der Waals surface area contributed by atoms with Gasteiger partial charge in [-0.3, -0.25) is 4.98 Å². The SMILES string of the molecule is CC(C)c1c[n+]([O-])cc2ccccc12.CC(C)c1cncc2ccccc12. The summed E-state index contributed by atoms with van der Waals surface area (Å²) >= 11 is 0. The number of fused-ring (bicyclic) bond motifs is 2. The maximum Gasteiger partial charge on any atom is 0.188 e. The first-order chi connectivity index (χ1) is 13.0. The molecule has 0 atom stereocenters. The van der Waals surface area contributed by atoms with Crippen molar-refractivity contribution >= 4 is 21.5 Å². The molecule has 27 heavy (non-hydrogen) atoms. The standard InChI is InChI=1S/C12H13NO.C12H13N/c1-9(2)12-8-13(14)7-10-5-3-4-6-11(10)12;1-9(2)12-8-13-7-10-5-3-4-6-11(10)12/h3-9H,1-2H3;3-9H,1-2H3. The summed E-state index contributed by atoms with van der Waals surface area (Å²) in [5.41, 5.74) is 2.44. The summed E-state index contributed by atoms with van der Waals surface area (Å²) in [6.45, 7) is 8.59. The monoisotopic (exact) mass is 358 g/mol. The molecule has 0 aliphatic rings. The van der Waals surface area contributed by atoms with Crippen LogP contribution in [0.3, 0.4) is 0 Å². The maximum absolute atomic E-state index is 11.3. The molecule has 2 aromatic carbocycles. The maximum atomic E-state index is 11.3. The van der Waals surface area contributed by atoms with Crippen LogP contribution in [0.15, 0.2) is 73.3 Å². The second-order valence-corrected chi connectivity index (χ2v) is 7.42. The van der Waals surface area contributed by atoms with Crippen LogP contribution in [-0.2, 0) is 0 Å². The lowest BCUT2D eigenvalue weighted by Gasteiger charge is -2.08.